The zero-order valence-corrected chi connectivity index (χ0v) is 15.3. The number of hydrogen-bond acceptors (Lipinski definition) is 5. The van der Waals surface area contributed by atoms with Crippen molar-refractivity contribution in [2.45, 2.75) is 12.8 Å². The SMILES string of the molecule is O=[N+]([O-])c1cc(I)ccc1N1CCCC(CN2CCOCC2)C1. The lowest BCUT2D eigenvalue weighted by Crippen LogP contribution is -2.44. The number of nitro benzene ring substituents is 1. The molecular formula is C16H22IN3O3. The van der Waals surface area contributed by atoms with E-state index in [1.807, 2.05) is 12.1 Å². The summed E-state index contributed by atoms with van der Waals surface area (Å²) in [7, 11) is 0. The quantitative estimate of drug-likeness (QED) is 0.417. The highest BCUT2D eigenvalue weighted by atomic mass is 127. The van der Waals surface area contributed by atoms with Gasteiger partial charge in [0.15, 0.2) is 0 Å². The van der Waals surface area contributed by atoms with Gasteiger partial charge < -0.3 is 9.64 Å². The lowest BCUT2D eigenvalue weighted by Gasteiger charge is -2.37. The number of anilines is 1. The molecule has 1 atom stereocenters. The van der Waals surface area contributed by atoms with Crippen molar-refractivity contribution in [1.29, 1.82) is 0 Å². The van der Waals surface area contributed by atoms with Gasteiger partial charge in [0.1, 0.15) is 5.69 Å². The molecule has 6 nitrogen and oxygen atoms in total. The molecule has 2 fully saturated rings. The molecule has 3 rings (SSSR count). The van der Waals surface area contributed by atoms with Crippen molar-refractivity contribution in [3.63, 3.8) is 0 Å². The number of morpholine rings is 1. The van der Waals surface area contributed by atoms with Crippen molar-refractivity contribution in [3.05, 3.63) is 31.9 Å². The maximum atomic E-state index is 11.4. The van der Waals surface area contributed by atoms with E-state index < -0.39 is 0 Å². The van der Waals surface area contributed by atoms with Gasteiger partial charge in [0.05, 0.1) is 18.1 Å². The molecule has 0 radical (unpaired) electrons. The van der Waals surface area contributed by atoms with E-state index in [4.69, 9.17) is 4.74 Å². The first-order valence-electron chi connectivity index (χ1n) is 8.12. The molecule has 0 spiro atoms. The predicted octanol–water partition coefficient (Wildman–Crippen LogP) is 2.75. The summed E-state index contributed by atoms with van der Waals surface area (Å²) in [5.41, 5.74) is 0.992. The maximum Gasteiger partial charge on any atom is 0.293 e. The van der Waals surface area contributed by atoms with Gasteiger partial charge in [-0.15, -0.1) is 0 Å². The highest BCUT2D eigenvalue weighted by Crippen LogP contribution is 2.33. The standard InChI is InChI=1S/C16H22IN3O3/c17-14-3-4-15(16(10-14)20(21)22)19-5-1-2-13(12-19)11-18-6-8-23-9-7-18/h3-4,10,13H,1-2,5-9,11-12H2. The summed E-state index contributed by atoms with van der Waals surface area (Å²) in [6.07, 6.45) is 2.30. The van der Waals surface area contributed by atoms with Crippen LogP contribution in [-0.2, 0) is 4.74 Å². The Hall–Kier alpha value is -0.930. The molecular weight excluding hydrogens is 409 g/mol. The van der Waals surface area contributed by atoms with Crippen molar-refractivity contribution in [3.8, 4) is 0 Å². The third-order valence-corrected chi connectivity index (χ3v) is 5.28. The lowest BCUT2D eigenvalue weighted by atomic mass is 9.96. The molecule has 1 unspecified atom stereocenters. The van der Waals surface area contributed by atoms with E-state index in [0.717, 1.165) is 61.6 Å². The van der Waals surface area contributed by atoms with Crippen molar-refractivity contribution < 1.29 is 9.66 Å². The molecule has 1 aromatic rings. The normalized spacial score (nSPS) is 23.0. The zero-order valence-electron chi connectivity index (χ0n) is 13.1. The van der Waals surface area contributed by atoms with Crippen LogP contribution in [0.1, 0.15) is 12.8 Å². The molecule has 2 heterocycles. The molecule has 0 bridgehead atoms. The van der Waals surface area contributed by atoms with Gasteiger partial charge in [-0.2, -0.15) is 0 Å². The first-order valence-corrected chi connectivity index (χ1v) is 9.20. The van der Waals surface area contributed by atoms with Crippen LogP contribution in [0, 0.1) is 19.6 Å². The number of halogens is 1. The Bertz CT molecular complexity index is 564. The summed E-state index contributed by atoms with van der Waals surface area (Å²) in [6.45, 7) is 6.51. The second-order valence-electron chi connectivity index (χ2n) is 6.26. The van der Waals surface area contributed by atoms with Crippen LogP contribution in [0.2, 0.25) is 0 Å². The van der Waals surface area contributed by atoms with Gasteiger partial charge in [0.25, 0.3) is 5.69 Å². The number of ether oxygens (including phenoxy) is 1. The topological polar surface area (TPSA) is 58.9 Å². The van der Waals surface area contributed by atoms with E-state index in [9.17, 15) is 10.1 Å². The Labute approximate surface area is 150 Å². The van der Waals surface area contributed by atoms with Crippen molar-refractivity contribution in [2.75, 3.05) is 50.8 Å². The Morgan fingerprint density at radius 3 is 2.83 bits per heavy atom. The van der Waals surface area contributed by atoms with Crippen molar-refractivity contribution in [2.24, 2.45) is 5.92 Å². The van der Waals surface area contributed by atoms with E-state index in [0.29, 0.717) is 5.92 Å². The Balaban J connectivity index is 1.69. The Morgan fingerprint density at radius 2 is 2.09 bits per heavy atom. The third-order valence-electron chi connectivity index (χ3n) is 4.61. The summed E-state index contributed by atoms with van der Waals surface area (Å²) in [4.78, 5) is 15.8. The predicted molar refractivity (Wildman–Crippen MR) is 98.0 cm³/mol. The number of piperidine rings is 1. The maximum absolute atomic E-state index is 11.4. The second-order valence-corrected chi connectivity index (χ2v) is 7.50. The smallest absolute Gasteiger partial charge is 0.293 e. The van der Waals surface area contributed by atoms with Gasteiger partial charge >= 0.3 is 0 Å². The highest BCUT2D eigenvalue weighted by Gasteiger charge is 2.27. The van der Waals surface area contributed by atoms with Crippen LogP contribution in [0.25, 0.3) is 0 Å². The number of nitrogens with zero attached hydrogens (tertiary/aromatic N) is 3. The minimum Gasteiger partial charge on any atom is -0.379 e. The van der Waals surface area contributed by atoms with Gasteiger partial charge in [-0.25, -0.2) is 0 Å². The number of nitro groups is 1. The third kappa shape index (κ3) is 4.33. The zero-order chi connectivity index (χ0) is 16.2. The summed E-state index contributed by atoms with van der Waals surface area (Å²) in [6, 6.07) is 5.52. The molecule has 0 aliphatic carbocycles. The van der Waals surface area contributed by atoms with Gasteiger partial charge in [-0.05, 0) is 53.5 Å². The first-order chi connectivity index (χ1) is 11.1. The summed E-state index contributed by atoms with van der Waals surface area (Å²) in [5, 5.41) is 11.4. The van der Waals surface area contributed by atoms with Gasteiger partial charge in [-0.1, -0.05) is 0 Å². The molecule has 7 heteroatoms. The monoisotopic (exact) mass is 431 g/mol. The van der Waals surface area contributed by atoms with E-state index in [1.54, 1.807) is 6.07 Å². The molecule has 0 amide bonds. The van der Waals surface area contributed by atoms with E-state index in [-0.39, 0.29) is 10.6 Å². The number of rotatable bonds is 4. The van der Waals surface area contributed by atoms with Crippen LogP contribution < -0.4 is 4.90 Å². The van der Waals surface area contributed by atoms with Crippen molar-refractivity contribution >= 4 is 34.0 Å². The van der Waals surface area contributed by atoms with E-state index >= 15 is 0 Å². The molecule has 23 heavy (non-hydrogen) atoms. The largest absolute Gasteiger partial charge is 0.379 e. The molecule has 0 N–H and O–H groups in total. The van der Waals surface area contributed by atoms with E-state index in [1.165, 1.54) is 6.42 Å². The lowest BCUT2D eigenvalue weighted by molar-refractivity contribution is -0.384. The van der Waals surface area contributed by atoms with Crippen LogP contribution in [-0.4, -0.2) is 55.8 Å². The summed E-state index contributed by atoms with van der Waals surface area (Å²) in [5.74, 6) is 0.570. The Morgan fingerprint density at radius 1 is 1.30 bits per heavy atom. The van der Waals surface area contributed by atoms with Crippen LogP contribution in [0.15, 0.2) is 18.2 Å². The van der Waals surface area contributed by atoms with Crippen LogP contribution in [0.3, 0.4) is 0 Å². The molecule has 0 aromatic heterocycles. The molecule has 2 aliphatic heterocycles. The fourth-order valence-electron chi connectivity index (χ4n) is 3.49. The van der Waals surface area contributed by atoms with Crippen molar-refractivity contribution in [1.82, 2.24) is 4.90 Å². The molecule has 126 valence electrons. The average Bonchev–Trinajstić information content (AvgIpc) is 2.56. The molecule has 1 aromatic carbocycles. The molecule has 0 saturated carbocycles. The average molecular weight is 431 g/mol. The van der Waals surface area contributed by atoms with Crippen LogP contribution in [0.4, 0.5) is 11.4 Å². The van der Waals surface area contributed by atoms with Gasteiger partial charge in [0, 0.05) is 42.4 Å². The fraction of sp³-hybridized carbons (Fsp3) is 0.625. The highest BCUT2D eigenvalue weighted by molar-refractivity contribution is 14.1. The molecule has 2 saturated heterocycles. The number of hydrogen-bond donors (Lipinski definition) is 0. The summed E-state index contributed by atoms with van der Waals surface area (Å²) >= 11 is 2.13. The Kier molecular flexibility index (Phi) is 5.71. The minimum absolute atomic E-state index is 0.226. The first kappa shape index (κ1) is 16.9. The van der Waals surface area contributed by atoms with Crippen LogP contribution >= 0.6 is 22.6 Å². The van der Waals surface area contributed by atoms with E-state index in [2.05, 4.69) is 32.4 Å². The minimum atomic E-state index is -0.261. The van der Waals surface area contributed by atoms with Crippen LogP contribution in [0.5, 0.6) is 0 Å². The summed E-state index contributed by atoms with van der Waals surface area (Å²) < 4.78 is 6.31. The van der Waals surface area contributed by atoms with Gasteiger partial charge in [-0.3, -0.25) is 15.0 Å². The molecule has 2 aliphatic rings. The van der Waals surface area contributed by atoms with Gasteiger partial charge in [0.2, 0.25) is 0 Å². The fourth-order valence-corrected chi connectivity index (χ4v) is 3.97. The second kappa shape index (κ2) is 7.76. The number of benzene rings is 1.